The van der Waals surface area contributed by atoms with E-state index in [9.17, 15) is 14.7 Å². The normalized spacial score (nSPS) is 11.4. The Bertz CT molecular complexity index is 1140. The molecule has 3 aromatic rings. The first-order valence-electron chi connectivity index (χ1n) is 12.4. The average Bonchev–Trinajstić information content (AvgIpc) is 2.92. The minimum Gasteiger partial charge on any atom is -0.494 e. The summed E-state index contributed by atoms with van der Waals surface area (Å²) in [5.41, 5.74) is 0.821. The second kappa shape index (κ2) is 15.5. The molecule has 0 spiro atoms. The van der Waals surface area contributed by atoms with Crippen LogP contribution in [-0.4, -0.2) is 61.1 Å². The van der Waals surface area contributed by atoms with Gasteiger partial charge in [0.25, 0.3) is 0 Å². The van der Waals surface area contributed by atoms with Crippen LogP contribution < -0.4 is 14.2 Å². The predicted octanol–water partition coefficient (Wildman–Crippen LogP) is 5.72. The molecule has 0 saturated heterocycles. The van der Waals surface area contributed by atoms with Gasteiger partial charge >= 0.3 is 12.1 Å². The van der Waals surface area contributed by atoms with E-state index < -0.39 is 18.2 Å². The van der Waals surface area contributed by atoms with E-state index in [2.05, 4.69) is 0 Å². The number of amides is 1. The number of hydrogen-bond donors (Lipinski definition) is 1. The standard InChI is InChI=1S/C29H32ClNO7/c1-2-35-27(28(32)33)21-22-13-15-24(16-14-22)37-20-18-31(17-8-19-36-23-9-4-3-5-10-23)29(34)38-26-12-7-6-11-25(26)30/h3-7,9-16,27H,2,8,17-21H2,1H3,(H,32,33). The number of carboxylic acids is 1. The Kier molecular flexibility index (Phi) is 11.7. The maximum atomic E-state index is 12.9. The molecule has 0 fully saturated rings. The van der Waals surface area contributed by atoms with Crippen molar-refractivity contribution >= 4 is 23.7 Å². The zero-order valence-corrected chi connectivity index (χ0v) is 22.0. The van der Waals surface area contributed by atoms with Crippen molar-refractivity contribution < 1.29 is 33.6 Å². The number of carbonyl (C=O) groups is 2. The van der Waals surface area contributed by atoms with Crippen LogP contribution in [0.5, 0.6) is 17.2 Å². The van der Waals surface area contributed by atoms with Crippen molar-refractivity contribution in [2.75, 3.05) is 32.9 Å². The van der Waals surface area contributed by atoms with E-state index in [1.165, 1.54) is 0 Å². The third-order valence-electron chi connectivity index (χ3n) is 5.49. The van der Waals surface area contributed by atoms with Crippen molar-refractivity contribution in [1.82, 2.24) is 4.90 Å². The second-order valence-electron chi connectivity index (χ2n) is 8.28. The SMILES string of the molecule is CCOC(Cc1ccc(OCCN(CCCOc2ccccc2)C(=O)Oc2ccccc2Cl)cc1)C(=O)O. The van der Waals surface area contributed by atoms with Gasteiger partial charge < -0.3 is 29.0 Å². The average molecular weight is 542 g/mol. The van der Waals surface area contributed by atoms with Crippen LogP contribution >= 0.6 is 11.6 Å². The number of aliphatic carboxylic acids is 1. The fraction of sp³-hybridized carbons (Fsp3) is 0.310. The molecule has 0 radical (unpaired) electrons. The molecule has 0 saturated carbocycles. The van der Waals surface area contributed by atoms with E-state index in [4.69, 9.17) is 30.5 Å². The lowest BCUT2D eigenvalue weighted by Crippen LogP contribution is -2.38. The highest BCUT2D eigenvalue weighted by molar-refractivity contribution is 6.32. The minimum absolute atomic E-state index is 0.229. The predicted molar refractivity (Wildman–Crippen MR) is 144 cm³/mol. The molecule has 1 atom stereocenters. The number of ether oxygens (including phenoxy) is 4. The Morgan fingerprint density at radius 3 is 2.21 bits per heavy atom. The zero-order chi connectivity index (χ0) is 27.2. The summed E-state index contributed by atoms with van der Waals surface area (Å²) in [6, 6.07) is 23.4. The molecule has 1 unspecified atom stereocenters. The lowest BCUT2D eigenvalue weighted by Gasteiger charge is -2.22. The highest BCUT2D eigenvalue weighted by atomic mass is 35.5. The van der Waals surface area contributed by atoms with E-state index in [1.807, 2.05) is 30.3 Å². The lowest BCUT2D eigenvalue weighted by atomic mass is 10.1. The number of benzene rings is 3. The van der Waals surface area contributed by atoms with Gasteiger partial charge in [-0.15, -0.1) is 0 Å². The van der Waals surface area contributed by atoms with E-state index in [0.29, 0.717) is 37.0 Å². The summed E-state index contributed by atoms with van der Waals surface area (Å²) >= 11 is 6.15. The Balaban J connectivity index is 1.54. The highest BCUT2D eigenvalue weighted by Crippen LogP contribution is 2.24. The Hall–Kier alpha value is -3.75. The Morgan fingerprint density at radius 2 is 1.53 bits per heavy atom. The largest absolute Gasteiger partial charge is 0.494 e. The summed E-state index contributed by atoms with van der Waals surface area (Å²) in [6.07, 6.45) is -0.579. The summed E-state index contributed by atoms with van der Waals surface area (Å²) in [5.74, 6) is 0.655. The third kappa shape index (κ3) is 9.61. The number of rotatable bonds is 15. The van der Waals surface area contributed by atoms with Crippen LogP contribution in [-0.2, 0) is 16.0 Å². The molecule has 0 aliphatic carbocycles. The monoisotopic (exact) mass is 541 g/mol. The molecule has 0 bridgehead atoms. The molecule has 38 heavy (non-hydrogen) atoms. The van der Waals surface area contributed by atoms with Crippen molar-refractivity contribution in [3.63, 3.8) is 0 Å². The summed E-state index contributed by atoms with van der Waals surface area (Å²) in [7, 11) is 0. The Labute approximate surface area is 227 Å². The molecule has 3 rings (SSSR count). The van der Waals surface area contributed by atoms with Crippen molar-refractivity contribution in [2.24, 2.45) is 0 Å². The van der Waals surface area contributed by atoms with Gasteiger partial charge in [-0.1, -0.05) is 54.1 Å². The van der Waals surface area contributed by atoms with Crippen molar-refractivity contribution in [1.29, 1.82) is 0 Å². The first kappa shape index (κ1) is 28.8. The molecule has 9 heteroatoms. The highest BCUT2D eigenvalue weighted by Gasteiger charge is 2.19. The molecule has 1 N–H and O–H groups in total. The van der Waals surface area contributed by atoms with Crippen LogP contribution in [0.3, 0.4) is 0 Å². The molecule has 1 amide bonds. The molecule has 0 heterocycles. The molecule has 0 aromatic heterocycles. The molecular formula is C29H32ClNO7. The van der Waals surface area contributed by atoms with E-state index in [-0.39, 0.29) is 25.3 Å². The van der Waals surface area contributed by atoms with Gasteiger partial charge in [0.05, 0.1) is 18.2 Å². The van der Waals surface area contributed by atoms with Gasteiger partial charge in [-0.3, -0.25) is 0 Å². The van der Waals surface area contributed by atoms with Gasteiger partial charge in [-0.25, -0.2) is 9.59 Å². The second-order valence-corrected chi connectivity index (χ2v) is 8.69. The van der Waals surface area contributed by atoms with Crippen LogP contribution in [0, 0.1) is 0 Å². The molecular weight excluding hydrogens is 510 g/mol. The number of para-hydroxylation sites is 2. The van der Waals surface area contributed by atoms with Crippen molar-refractivity contribution in [3.05, 3.63) is 89.4 Å². The number of carboxylic acid groups (broad SMARTS) is 1. The summed E-state index contributed by atoms with van der Waals surface area (Å²) < 4.78 is 22.4. The van der Waals surface area contributed by atoms with Crippen LogP contribution in [0.25, 0.3) is 0 Å². The number of halogens is 1. The third-order valence-corrected chi connectivity index (χ3v) is 5.81. The van der Waals surface area contributed by atoms with Crippen LogP contribution in [0.2, 0.25) is 5.02 Å². The smallest absolute Gasteiger partial charge is 0.415 e. The maximum Gasteiger partial charge on any atom is 0.415 e. The van der Waals surface area contributed by atoms with Gasteiger partial charge in [0.15, 0.2) is 11.9 Å². The number of carbonyl (C=O) groups excluding carboxylic acids is 1. The zero-order valence-electron chi connectivity index (χ0n) is 21.3. The van der Waals surface area contributed by atoms with Crippen molar-refractivity contribution in [2.45, 2.75) is 25.9 Å². The van der Waals surface area contributed by atoms with Gasteiger partial charge in [-0.2, -0.15) is 0 Å². The lowest BCUT2D eigenvalue weighted by molar-refractivity contribution is -0.149. The van der Waals surface area contributed by atoms with Crippen LogP contribution in [0.4, 0.5) is 4.79 Å². The maximum absolute atomic E-state index is 12.9. The molecule has 8 nitrogen and oxygen atoms in total. The number of nitrogens with zero attached hydrogens (tertiary/aromatic N) is 1. The fourth-order valence-corrected chi connectivity index (χ4v) is 3.75. The summed E-state index contributed by atoms with van der Waals surface area (Å²) in [5, 5.41) is 9.62. The minimum atomic E-state index is -0.995. The number of hydrogen-bond acceptors (Lipinski definition) is 6. The van der Waals surface area contributed by atoms with Crippen LogP contribution in [0.15, 0.2) is 78.9 Å². The molecule has 3 aromatic carbocycles. The van der Waals surface area contributed by atoms with E-state index in [0.717, 1.165) is 11.3 Å². The quantitative estimate of drug-likeness (QED) is 0.246. The topological polar surface area (TPSA) is 94.5 Å². The first-order valence-corrected chi connectivity index (χ1v) is 12.8. The molecule has 202 valence electrons. The fourth-order valence-electron chi connectivity index (χ4n) is 3.57. The van der Waals surface area contributed by atoms with Crippen LogP contribution in [0.1, 0.15) is 18.9 Å². The van der Waals surface area contributed by atoms with E-state index in [1.54, 1.807) is 60.4 Å². The summed E-state index contributed by atoms with van der Waals surface area (Å²) in [6.45, 7) is 3.42. The first-order chi connectivity index (χ1) is 18.5. The van der Waals surface area contributed by atoms with Gasteiger partial charge in [-0.05, 0) is 55.3 Å². The molecule has 0 aliphatic rings. The van der Waals surface area contributed by atoms with Gasteiger partial charge in [0.1, 0.15) is 18.1 Å². The molecule has 0 aliphatic heterocycles. The van der Waals surface area contributed by atoms with E-state index >= 15 is 0 Å². The summed E-state index contributed by atoms with van der Waals surface area (Å²) in [4.78, 5) is 25.8. The van der Waals surface area contributed by atoms with Gasteiger partial charge in [0, 0.05) is 19.6 Å². The Morgan fingerprint density at radius 1 is 0.868 bits per heavy atom. The van der Waals surface area contributed by atoms with Crippen molar-refractivity contribution in [3.8, 4) is 17.2 Å². The van der Waals surface area contributed by atoms with Gasteiger partial charge in [0.2, 0.25) is 0 Å².